The molecule has 31 heavy (non-hydrogen) atoms. The molecule has 2 amide bonds. The van der Waals surface area contributed by atoms with Crippen LogP contribution >= 0.6 is 0 Å². The van der Waals surface area contributed by atoms with Crippen LogP contribution in [0.25, 0.3) is 0 Å². The van der Waals surface area contributed by atoms with Crippen molar-refractivity contribution in [3.8, 4) is 0 Å². The summed E-state index contributed by atoms with van der Waals surface area (Å²) in [6, 6.07) is 14.1. The summed E-state index contributed by atoms with van der Waals surface area (Å²) >= 11 is 0. The maximum Gasteiger partial charge on any atom is 0.257 e. The zero-order valence-corrected chi connectivity index (χ0v) is 18.0. The fourth-order valence-electron chi connectivity index (χ4n) is 5.10. The van der Waals surface area contributed by atoms with Crippen LogP contribution in [0.4, 0.5) is 5.82 Å². The molecule has 5 rings (SSSR count). The zero-order chi connectivity index (χ0) is 21.6. The number of rotatable bonds is 3. The first-order chi connectivity index (χ1) is 15.0. The highest BCUT2D eigenvalue weighted by Crippen LogP contribution is 2.47. The van der Waals surface area contributed by atoms with Gasteiger partial charge in [-0.15, -0.1) is 0 Å². The molecule has 4 heterocycles. The Kier molecular flexibility index (Phi) is 4.93. The van der Waals surface area contributed by atoms with Crippen LogP contribution in [0.3, 0.4) is 0 Å². The standard InChI is InChI=1S/C24H28N4O3/c1-26(2)22(29)18-8-10-20(25-16-18)27-14-12-24(13-15-27)23(30)28-19(9-11-21(28)31-24)17-6-4-3-5-7-17/h3-8,10,16,19,21H,9,11-15H2,1-2H3/t19-,21+/m0/s1. The van der Waals surface area contributed by atoms with Gasteiger partial charge in [-0.25, -0.2) is 4.98 Å². The van der Waals surface area contributed by atoms with Crippen molar-refractivity contribution in [2.24, 2.45) is 0 Å². The number of piperidine rings is 1. The zero-order valence-electron chi connectivity index (χ0n) is 18.0. The van der Waals surface area contributed by atoms with Crippen molar-refractivity contribution < 1.29 is 14.3 Å². The van der Waals surface area contributed by atoms with Gasteiger partial charge in [-0.1, -0.05) is 30.3 Å². The SMILES string of the molecule is CN(C)C(=O)c1ccc(N2CCC3(CC2)O[C@@H]2CC[C@@H](c4ccccc4)N2C3=O)nc1. The van der Waals surface area contributed by atoms with Crippen LogP contribution < -0.4 is 4.90 Å². The third kappa shape index (κ3) is 3.37. The molecular formula is C24H28N4O3. The van der Waals surface area contributed by atoms with Gasteiger partial charge in [0.25, 0.3) is 11.8 Å². The molecular weight excluding hydrogens is 392 g/mol. The average molecular weight is 421 g/mol. The second kappa shape index (κ2) is 7.64. The highest BCUT2D eigenvalue weighted by Gasteiger charge is 2.57. The molecule has 2 aromatic rings. The summed E-state index contributed by atoms with van der Waals surface area (Å²) in [7, 11) is 3.46. The Balaban J connectivity index is 1.27. The molecule has 3 aliphatic heterocycles. The topological polar surface area (TPSA) is 66.0 Å². The summed E-state index contributed by atoms with van der Waals surface area (Å²) in [6.45, 7) is 1.41. The Labute approximate surface area is 182 Å². The lowest BCUT2D eigenvalue weighted by Crippen LogP contribution is -2.50. The predicted molar refractivity (Wildman–Crippen MR) is 117 cm³/mol. The maximum atomic E-state index is 13.5. The molecule has 3 fully saturated rings. The third-order valence-electron chi connectivity index (χ3n) is 6.80. The Morgan fingerprint density at radius 2 is 1.84 bits per heavy atom. The van der Waals surface area contributed by atoms with E-state index < -0.39 is 5.60 Å². The summed E-state index contributed by atoms with van der Waals surface area (Å²) in [5, 5.41) is 0. The van der Waals surface area contributed by atoms with Crippen LogP contribution in [0.5, 0.6) is 0 Å². The summed E-state index contributed by atoms with van der Waals surface area (Å²) in [5.41, 5.74) is 1.05. The lowest BCUT2D eigenvalue weighted by molar-refractivity contribution is -0.140. The van der Waals surface area contributed by atoms with Gasteiger partial charge < -0.3 is 19.4 Å². The molecule has 0 N–H and O–H groups in total. The van der Waals surface area contributed by atoms with Gasteiger partial charge in [-0.3, -0.25) is 9.59 Å². The molecule has 0 radical (unpaired) electrons. The van der Waals surface area contributed by atoms with Crippen LogP contribution in [0.2, 0.25) is 0 Å². The average Bonchev–Trinajstić information content (AvgIpc) is 3.32. The van der Waals surface area contributed by atoms with Gasteiger partial charge in [0.1, 0.15) is 12.0 Å². The van der Waals surface area contributed by atoms with E-state index in [0.29, 0.717) is 31.5 Å². The van der Waals surface area contributed by atoms with Crippen molar-refractivity contribution in [1.82, 2.24) is 14.8 Å². The van der Waals surface area contributed by atoms with E-state index in [-0.39, 0.29) is 24.1 Å². The van der Waals surface area contributed by atoms with E-state index in [9.17, 15) is 9.59 Å². The first-order valence-electron chi connectivity index (χ1n) is 11.0. The lowest BCUT2D eigenvalue weighted by Gasteiger charge is -2.38. The second-order valence-corrected chi connectivity index (χ2v) is 8.87. The molecule has 162 valence electrons. The van der Waals surface area contributed by atoms with Gasteiger partial charge in [0.2, 0.25) is 0 Å². The number of carbonyl (C=O) groups excluding carboxylic acids is 2. The molecule has 1 aromatic carbocycles. The number of ether oxygens (including phenoxy) is 1. The number of fused-ring (bicyclic) bond motifs is 1. The number of pyridine rings is 1. The highest BCUT2D eigenvalue weighted by atomic mass is 16.6. The summed E-state index contributed by atoms with van der Waals surface area (Å²) < 4.78 is 6.42. The summed E-state index contributed by atoms with van der Waals surface area (Å²) in [5.74, 6) is 0.914. The van der Waals surface area contributed by atoms with Crippen LogP contribution in [-0.4, -0.2) is 65.6 Å². The molecule has 7 nitrogen and oxygen atoms in total. The van der Waals surface area contributed by atoms with E-state index >= 15 is 0 Å². The third-order valence-corrected chi connectivity index (χ3v) is 6.80. The van der Waals surface area contributed by atoms with Crippen molar-refractivity contribution in [2.45, 2.75) is 43.6 Å². The van der Waals surface area contributed by atoms with Crippen molar-refractivity contribution >= 4 is 17.6 Å². The molecule has 3 aliphatic rings. The molecule has 7 heteroatoms. The number of anilines is 1. The monoisotopic (exact) mass is 420 g/mol. The Morgan fingerprint density at radius 3 is 2.48 bits per heavy atom. The van der Waals surface area contributed by atoms with Crippen LogP contribution in [0.1, 0.15) is 47.6 Å². The largest absolute Gasteiger partial charge is 0.356 e. The molecule has 1 aromatic heterocycles. The predicted octanol–water partition coefficient (Wildman–Crippen LogP) is 2.84. The van der Waals surface area contributed by atoms with Gasteiger partial charge in [0.15, 0.2) is 5.60 Å². The molecule has 2 atom stereocenters. The Hall–Kier alpha value is -2.93. The van der Waals surface area contributed by atoms with E-state index in [4.69, 9.17) is 4.74 Å². The van der Waals surface area contributed by atoms with Gasteiger partial charge in [0.05, 0.1) is 11.6 Å². The molecule has 3 saturated heterocycles. The van der Waals surface area contributed by atoms with E-state index in [2.05, 4.69) is 22.0 Å². The van der Waals surface area contributed by atoms with Gasteiger partial charge in [-0.05, 0) is 30.5 Å². The van der Waals surface area contributed by atoms with Crippen LogP contribution in [0.15, 0.2) is 48.7 Å². The van der Waals surface area contributed by atoms with Crippen molar-refractivity contribution in [3.63, 3.8) is 0 Å². The maximum absolute atomic E-state index is 13.5. The fourth-order valence-corrected chi connectivity index (χ4v) is 5.10. The van der Waals surface area contributed by atoms with Crippen molar-refractivity contribution in [1.29, 1.82) is 0 Å². The number of hydrogen-bond donors (Lipinski definition) is 0. The number of amides is 2. The minimum absolute atomic E-state index is 0.0600. The van der Waals surface area contributed by atoms with E-state index in [1.165, 1.54) is 5.56 Å². The van der Waals surface area contributed by atoms with E-state index in [1.54, 1.807) is 25.2 Å². The minimum Gasteiger partial charge on any atom is -0.356 e. The highest BCUT2D eigenvalue weighted by molar-refractivity contribution is 5.93. The molecule has 0 saturated carbocycles. The van der Waals surface area contributed by atoms with E-state index in [0.717, 1.165) is 18.7 Å². The quantitative estimate of drug-likeness (QED) is 0.764. The lowest BCUT2D eigenvalue weighted by atomic mass is 9.89. The Bertz CT molecular complexity index is 968. The van der Waals surface area contributed by atoms with Gasteiger partial charge in [-0.2, -0.15) is 0 Å². The summed E-state index contributed by atoms with van der Waals surface area (Å²) in [4.78, 5) is 35.8. The van der Waals surface area contributed by atoms with Crippen molar-refractivity contribution in [3.05, 3.63) is 59.8 Å². The minimum atomic E-state index is -0.713. The molecule has 0 unspecified atom stereocenters. The van der Waals surface area contributed by atoms with E-state index in [1.807, 2.05) is 35.2 Å². The van der Waals surface area contributed by atoms with Gasteiger partial charge in [0, 0.05) is 46.2 Å². The first-order valence-corrected chi connectivity index (χ1v) is 11.0. The second-order valence-electron chi connectivity index (χ2n) is 8.87. The Morgan fingerprint density at radius 1 is 1.10 bits per heavy atom. The van der Waals surface area contributed by atoms with Crippen LogP contribution in [0, 0.1) is 0 Å². The molecule has 0 aliphatic carbocycles. The number of hydrogen-bond acceptors (Lipinski definition) is 5. The van der Waals surface area contributed by atoms with Gasteiger partial charge >= 0.3 is 0 Å². The molecule has 1 spiro atoms. The number of aromatic nitrogens is 1. The normalized spacial score (nSPS) is 24.5. The summed E-state index contributed by atoms with van der Waals surface area (Å²) in [6.07, 6.45) is 4.66. The first kappa shape index (κ1) is 20.0. The molecule has 0 bridgehead atoms. The number of carbonyl (C=O) groups is 2. The van der Waals surface area contributed by atoms with Crippen molar-refractivity contribution in [2.75, 3.05) is 32.1 Å². The number of benzene rings is 1. The number of nitrogens with zero attached hydrogens (tertiary/aromatic N) is 4. The smallest absolute Gasteiger partial charge is 0.257 e. The fraction of sp³-hybridized carbons (Fsp3) is 0.458. The van der Waals surface area contributed by atoms with Crippen LogP contribution in [-0.2, 0) is 9.53 Å².